The summed E-state index contributed by atoms with van der Waals surface area (Å²) < 4.78 is 0. The van der Waals surface area contributed by atoms with E-state index in [9.17, 15) is 0 Å². The van der Waals surface area contributed by atoms with Crippen LogP contribution in [0.5, 0.6) is 0 Å². The number of hydrogen-bond donors (Lipinski definition) is 1. The molecule has 1 N–H and O–H groups in total. The van der Waals surface area contributed by atoms with Crippen molar-refractivity contribution in [3.05, 3.63) is 0 Å². The Kier molecular flexibility index (Phi) is 5.57. The van der Waals surface area contributed by atoms with Gasteiger partial charge in [0, 0.05) is 5.54 Å². The van der Waals surface area contributed by atoms with Crippen molar-refractivity contribution in [2.24, 2.45) is 0 Å². The maximum Gasteiger partial charge on any atom is 0.0183 e. The van der Waals surface area contributed by atoms with Crippen molar-refractivity contribution in [2.45, 2.75) is 58.9 Å². The van der Waals surface area contributed by atoms with E-state index in [0.29, 0.717) is 5.54 Å². The molecule has 1 saturated carbocycles. The molecule has 0 aromatic heterocycles. The molecule has 2 fully saturated rings. The molecule has 0 radical (unpaired) electrons. The molecule has 11 heavy (non-hydrogen) atoms. The van der Waals surface area contributed by atoms with Crippen molar-refractivity contribution >= 4 is 0 Å². The third kappa shape index (κ3) is 3.24. The van der Waals surface area contributed by atoms with Gasteiger partial charge in [-0.05, 0) is 32.2 Å². The van der Waals surface area contributed by atoms with Gasteiger partial charge in [-0.1, -0.05) is 27.7 Å². The second kappa shape index (κ2) is 5.59. The van der Waals surface area contributed by atoms with Gasteiger partial charge in [-0.15, -0.1) is 0 Å². The van der Waals surface area contributed by atoms with Crippen LogP contribution in [0.1, 0.15) is 53.4 Å². The fourth-order valence-electron chi connectivity index (χ4n) is 1.45. The Morgan fingerprint density at radius 3 is 1.64 bits per heavy atom. The van der Waals surface area contributed by atoms with Crippen LogP contribution in [0.25, 0.3) is 0 Å². The molecule has 1 heteroatoms. The van der Waals surface area contributed by atoms with E-state index in [1.807, 2.05) is 27.7 Å². The lowest BCUT2D eigenvalue weighted by Gasteiger charge is -2.01. The molecule has 0 bridgehead atoms. The monoisotopic (exact) mass is 157 g/mol. The Morgan fingerprint density at radius 1 is 0.909 bits per heavy atom. The first kappa shape index (κ1) is 11.0. The van der Waals surface area contributed by atoms with E-state index in [4.69, 9.17) is 0 Å². The molecule has 68 valence electrons. The van der Waals surface area contributed by atoms with E-state index in [-0.39, 0.29) is 0 Å². The van der Waals surface area contributed by atoms with Gasteiger partial charge in [0.2, 0.25) is 0 Å². The van der Waals surface area contributed by atoms with Crippen LogP contribution in [0.3, 0.4) is 0 Å². The summed E-state index contributed by atoms with van der Waals surface area (Å²) in [4.78, 5) is 0. The van der Waals surface area contributed by atoms with Crippen LogP contribution in [0.15, 0.2) is 0 Å². The summed E-state index contributed by atoms with van der Waals surface area (Å²) in [6.07, 6.45) is 5.77. The van der Waals surface area contributed by atoms with Gasteiger partial charge >= 0.3 is 0 Å². The molecule has 0 amide bonds. The summed E-state index contributed by atoms with van der Waals surface area (Å²) in [5.41, 5.74) is 0.694. The molecule has 0 aromatic rings. The molecule has 2 rings (SSSR count). The van der Waals surface area contributed by atoms with Gasteiger partial charge < -0.3 is 5.32 Å². The Bertz CT molecular complexity index is 76.9. The molecule has 0 unspecified atom stereocenters. The number of hydrogen-bond acceptors (Lipinski definition) is 1. The van der Waals surface area contributed by atoms with Crippen molar-refractivity contribution in [3.8, 4) is 0 Å². The lowest BCUT2D eigenvalue weighted by atomic mass is 10.2. The highest BCUT2D eigenvalue weighted by molar-refractivity contribution is 5.04. The molecule has 0 aromatic carbocycles. The van der Waals surface area contributed by atoms with E-state index in [1.165, 1.54) is 32.2 Å². The summed E-state index contributed by atoms with van der Waals surface area (Å²) >= 11 is 0. The van der Waals surface area contributed by atoms with E-state index < -0.39 is 0 Å². The highest BCUT2D eigenvalue weighted by Crippen LogP contribution is 2.42. The molecule has 0 atom stereocenters. The molecule has 1 heterocycles. The average molecular weight is 157 g/mol. The van der Waals surface area contributed by atoms with Gasteiger partial charge in [-0.3, -0.25) is 0 Å². The first-order valence-corrected chi connectivity index (χ1v) is 5.16. The SMILES string of the molecule is C1CNC2(C1)CC2.CC.CC. The van der Waals surface area contributed by atoms with Crippen molar-refractivity contribution in [3.63, 3.8) is 0 Å². The first-order chi connectivity index (χ1) is 5.41. The molecular weight excluding hydrogens is 134 g/mol. The van der Waals surface area contributed by atoms with E-state index in [2.05, 4.69) is 5.32 Å². The van der Waals surface area contributed by atoms with Gasteiger partial charge in [-0.2, -0.15) is 0 Å². The fourth-order valence-corrected chi connectivity index (χ4v) is 1.45. The molecule has 1 nitrogen and oxygen atoms in total. The summed E-state index contributed by atoms with van der Waals surface area (Å²) in [6, 6.07) is 0. The quantitative estimate of drug-likeness (QED) is 0.570. The van der Waals surface area contributed by atoms with Crippen LogP contribution in [0.4, 0.5) is 0 Å². The second-order valence-corrected chi connectivity index (χ2v) is 2.81. The predicted molar refractivity (Wildman–Crippen MR) is 51.9 cm³/mol. The lowest BCUT2D eigenvalue weighted by Crippen LogP contribution is -2.22. The summed E-state index contributed by atoms with van der Waals surface area (Å²) in [5, 5.41) is 3.51. The Hall–Kier alpha value is -0.0400. The minimum absolute atomic E-state index is 0.694. The average Bonchev–Trinajstić information content (AvgIpc) is 2.68. The van der Waals surface area contributed by atoms with Crippen LogP contribution < -0.4 is 5.32 Å². The first-order valence-electron chi connectivity index (χ1n) is 5.16. The second-order valence-electron chi connectivity index (χ2n) is 2.81. The van der Waals surface area contributed by atoms with Gasteiger partial charge in [0.1, 0.15) is 0 Å². The number of nitrogens with one attached hydrogen (secondary N) is 1. The summed E-state index contributed by atoms with van der Waals surface area (Å²) in [7, 11) is 0. The minimum Gasteiger partial charge on any atom is -0.311 e. The van der Waals surface area contributed by atoms with Crippen LogP contribution >= 0.6 is 0 Å². The van der Waals surface area contributed by atoms with E-state index in [1.54, 1.807) is 0 Å². The Balaban J connectivity index is 0.000000222. The zero-order valence-corrected chi connectivity index (χ0v) is 8.54. The minimum atomic E-state index is 0.694. The van der Waals surface area contributed by atoms with Gasteiger partial charge in [0.05, 0.1) is 0 Å². The van der Waals surface area contributed by atoms with Crippen molar-refractivity contribution in [1.82, 2.24) is 5.32 Å². The van der Waals surface area contributed by atoms with Gasteiger partial charge in [-0.25, -0.2) is 0 Å². The fraction of sp³-hybridized carbons (Fsp3) is 1.00. The molecule has 1 aliphatic carbocycles. The van der Waals surface area contributed by atoms with Gasteiger partial charge in [0.25, 0.3) is 0 Å². The summed E-state index contributed by atoms with van der Waals surface area (Å²) in [5.74, 6) is 0. The topological polar surface area (TPSA) is 12.0 Å². The molecule has 2 aliphatic rings. The molecular formula is C10H23N. The van der Waals surface area contributed by atoms with Crippen molar-refractivity contribution in [2.75, 3.05) is 6.54 Å². The lowest BCUT2D eigenvalue weighted by molar-refractivity contribution is 0.601. The van der Waals surface area contributed by atoms with E-state index >= 15 is 0 Å². The number of rotatable bonds is 0. The zero-order chi connectivity index (χ0) is 8.74. The maximum absolute atomic E-state index is 3.51. The van der Waals surface area contributed by atoms with Crippen LogP contribution in [0.2, 0.25) is 0 Å². The standard InChI is InChI=1S/C6H11N.2C2H6/c1-2-6(3-4-6)7-5-1;2*1-2/h7H,1-5H2;2*1-2H3. The predicted octanol–water partition coefficient (Wildman–Crippen LogP) is 2.95. The Morgan fingerprint density at radius 2 is 1.45 bits per heavy atom. The molecule has 1 saturated heterocycles. The molecule has 1 spiro atoms. The van der Waals surface area contributed by atoms with Crippen LogP contribution in [-0.4, -0.2) is 12.1 Å². The third-order valence-corrected chi connectivity index (χ3v) is 2.19. The van der Waals surface area contributed by atoms with Crippen molar-refractivity contribution < 1.29 is 0 Å². The van der Waals surface area contributed by atoms with Crippen LogP contribution in [-0.2, 0) is 0 Å². The highest BCUT2D eigenvalue weighted by atomic mass is 15.0. The Labute approximate surface area is 71.6 Å². The zero-order valence-electron chi connectivity index (χ0n) is 8.54. The van der Waals surface area contributed by atoms with Crippen LogP contribution in [0, 0.1) is 0 Å². The summed E-state index contributed by atoms with van der Waals surface area (Å²) in [6.45, 7) is 9.28. The van der Waals surface area contributed by atoms with Crippen molar-refractivity contribution in [1.29, 1.82) is 0 Å². The maximum atomic E-state index is 3.51. The van der Waals surface area contributed by atoms with E-state index in [0.717, 1.165) is 0 Å². The normalized spacial score (nSPS) is 22.9. The third-order valence-electron chi connectivity index (χ3n) is 2.19. The smallest absolute Gasteiger partial charge is 0.0183 e. The van der Waals surface area contributed by atoms with Gasteiger partial charge in [0.15, 0.2) is 0 Å². The highest BCUT2D eigenvalue weighted by Gasteiger charge is 2.43. The molecule has 1 aliphatic heterocycles. The largest absolute Gasteiger partial charge is 0.311 e.